The highest BCUT2D eigenvalue weighted by atomic mass is 35.5. The van der Waals surface area contributed by atoms with Crippen molar-refractivity contribution in [2.75, 3.05) is 25.1 Å². The Labute approximate surface area is 147 Å². The predicted molar refractivity (Wildman–Crippen MR) is 94.5 cm³/mol. The van der Waals surface area contributed by atoms with Gasteiger partial charge in [-0.05, 0) is 56.7 Å². The van der Waals surface area contributed by atoms with Gasteiger partial charge in [-0.3, -0.25) is 4.79 Å². The Morgan fingerprint density at radius 3 is 2.67 bits per heavy atom. The van der Waals surface area contributed by atoms with E-state index >= 15 is 0 Å². The molecule has 1 aromatic rings. The molecule has 1 aliphatic heterocycles. The Bertz CT molecular complexity index is 582. The number of carbonyl (C=O) groups excluding carboxylic acids is 1. The van der Waals surface area contributed by atoms with Crippen molar-refractivity contribution in [3.63, 3.8) is 0 Å². The number of benzene rings is 1. The Morgan fingerprint density at radius 2 is 2.04 bits per heavy atom. The summed E-state index contributed by atoms with van der Waals surface area (Å²) in [5.41, 5.74) is 5.99. The lowest BCUT2D eigenvalue weighted by Gasteiger charge is -2.34. The van der Waals surface area contributed by atoms with Gasteiger partial charge >= 0.3 is 0 Å². The number of carbonyl (C=O) groups is 1. The van der Waals surface area contributed by atoms with Crippen LogP contribution >= 0.6 is 11.6 Å². The number of nitrogens with one attached hydrogen (secondary N) is 1. The minimum atomic E-state index is -0.552. The van der Waals surface area contributed by atoms with E-state index in [1.165, 1.54) is 12.8 Å². The number of anilines is 1. The smallest absolute Gasteiger partial charge is 0.232 e. The average molecular weight is 353 g/mol. The summed E-state index contributed by atoms with van der Waals surface area (Å²) in [5.74, 6) is 0.620. The number of nitrogens with two attached hydrogens (primary N) is 1. The predicted octanol–water partition coefficient (Wildman–Crippen LogP) is 3.36. The molecule has 0 radical (unpaired) electrons. The van der Waals surface area contributed by atoms with Crippen LogP contribution in [0, 0.1) is 5.41 Å². The normalized spacial score (nSPS) is 20.8. The van der Waals surface area contributed by atoms with Crippen LogP contribution in [0.15, 0.2) is 18.2 Å². The molecule has 1 heterocycles. The monoisotopic (exact) mass is 352 g/mol. The summed E-state index contributed by atoms with van der Waals surface area (Å²) in [6, 6.07) is 5.40. The van der Waals surface area contributed by atoms with E-state index in [0.29, 0.717) is 49.1 Å². The first kappa shape index (κ1) is 17.5. The molecule has 1 saturated carbocycles. The van der Waals surface area contributed by atoms with E-state index in [1.54, 1.807) is 6.07 Å². The maximum Gasteiger partial charge on any atom is 0.232 e. The maximum atomic E-state index is 12.7. The van der Waals surface area contributed by atoms with Crippen molar-refractivity contribution in [1.82, 2.24) is 0 Å². The Morgan fingerprint density at radius 1 is 1.33 bits per heavy atom. The quantitative estimate of drug-likeness (QED) is 0.852. The molecule has 5 nitrogen and oxygen atoms in total. The van der Waals surface area contributed by atoms with E-state index in [0.717, 1.165) is 12.8 Å². The standard InChI is InChI=1S/C18H25ClN2O3/c19-15-11-13(5-6-16(15)24-14-3-1-2-4-14)21-17(22)18(12-20)7-9-23-10-8-18/h5-6,11,14H,1-4,7-10,12,20H2,(H,21,22). The van der Waals surface area contributed by atoms with Gasteiger partial charge in [-0.15, -0.1) is 0 Å². The second-order valence-electron chi connectivity index (χ2n) is 6.72. The Balaban J connectivity index is 1.66. The molecule has 0 atom stereocenters. The third-order valence-electron chi connectivity index (χ3n) is 5.11. The van der Waals surface area contributed by atoms with Gasteiger partial charge in [0.05, 0.1) is 16.5 Å². The van der Waals surface area contributed by atoms with Gasteiger partial charge in [-0.2, -0.15) is 0 Å². The molecule has 1 saturated heterocycles. The van der Waals surface area contributed by atoms with Crippen molar-refractivity contribution < 1.29 is 14.3 Å². The fourth-order valence-electron chi connectivity index (χ4n) is 3.41. The number of hydrogen-bond donors (Lipinski definition) is 2. The summed E-state index contributed by atoms with van der Waals surface area (Å²) < 4.78 is 11.3. The fraction of sp³-hybridized carbons (Fsp3) is 0.611. The first-order valence-electron chi connectivity index (χ1n) is 8.68. The van der Waals surface area contributed by atoms with Crippen LogP contribution in [0.25, 0.3) is 0 Å². The van der Waals surface area contributed by atoms with Crippen LogP contribution in [-0.4, -0.2) is 31.8 Å². The van der Waals surface area contributed by atoms with Gasteiger partial charge in [0.15, 0.2) is 0 Å². The summed E-state index contributed by atoms with van der Waals surface area (Å²) in [6.45, 7) is 1.46. The summed E-state index contributed by atoms with van der Waals surface area (Å²) in [7, 11) is 0. The van der Waals surface area contributed by atoms with E-state index in [1.807, 2.05) is 12.1 Å². The lowest BCUT2D eigenvalue weighted by molar-refractivity contribution is -0.130. The van der Waals surface area contributed by atoms with Crippen molar-refractivity contribution in [3.8, 4) is 5.75 Å². The molecule has 132 valence electrons. The zero-order valence-electron chi connectivity index (χ0n) is 13.9. The van der Waals surface area contributed by atoms with E-state index in [-0.39, 0.29) is 12.0 Å². The number of rotatable bonds is 5. The van der Waals surface area contributed by atoms with Gasteiger partial charge in [0.1, 0.15) is 5.75 Å². The lowest BCUT2D eigenvalue weighted by atomic mass is 9.79. The largest absolute Gasteiger partial charge is 0.489 e. The van der Waals surface area contributed by atoms with Gasteiger partial charge in [-0.1, -0.05) is 11.6 Å². The van der Waals surface area contributed by atoms with Crippen LogP contribution in [0.2, 0.25) is 5.02 Å². The molecule has 0 bridgehead atoms. The molecule has 2 aliphatic rings. The van der Waals surface area contributed by atoms with Gasteiger partial charge in [0.25, 0.3) is 0 Å². The molecule has 0 spiro atoms. The summed E-state index contributed by atoms with van der Waals surface area (Å²) in [6.07, 6.45) is 6.12. The number of hydrogen-bond acceptors (Lipinski definition) is 4. The van der Waals surface area contributed by atoms with Crippen LogP contribution in [0.3, 0.4) is 0 Å². The van der Waals surface area contributed by atoms with Crippen LogP contribution in [0.1, 0.15) is 38.5 Å². The van der Waals surface area contributed by atoms with Crippen LogP contribution in [0.5, 0.6) is 5.75 Å². The zero-order valence-corrected chi connectivity index (χ0v) is 14.6. The molecule has 1 aromatic carbocycles. The van der Waals surface area contributed by atoms with E-state index in [2.05, 4.69) is 5.32 Å². The number of amides is 1. The SMILES string of the molecule is NCC1(C(=O)Nc2ccc(OC3CCCC3)c(Cl)c2)CCOCC1. The molecular formula is C18H25ClN2O3. The first-order chi connectivity index (χ1) is 11.6. The van der Waals surface area contributed by atoms with Crippen LogP contribution < -0.4 is 15.8 Å². The number of ether oxygens (including phenoxy) is 2. The van der Waals surface area contributed by atoms with Crippen LogP contribution in [0.4, 0.5) is 5.69 Å². The highest BCUT2D eigenvalue weighted by Gasteiger charge is 2.38. The molecule has 1 amide bonds. The van der Waals surface area contributed by atoms with Crippen LogP contribution in [-0.2, 0) is 9.53 Å². The van der Waals surface area contributed by atoms with Gasteiger partial charge < -0.3 is 20.5 Å². The maximum absolute atomic E-state index is 12.7. The molecular weight excluding hydrogens is 328 g/mol. The van der Waals surface area contributed by atoms with Crippen molar-refractivity contribution in [3.05, 3.63) is 23.2 Å². The van der Waals surface area contributed by atoms with Gasteiger partial charge in [-0.25, -0.2) is 0 Å². The second-order valence-corrected chi connectivity index (χ2v) is 7.13. The molecule has 6 heteroatoms. The first-order valence-corrected chi connectivity index (χ1v) is 9.06. The third kappa shape index (κ3) is 3.85. The highest BCUT2D eigenvalue weighted by Crippen LogP contribution is 2.34. The van der Waals surface area contributed by atoms with E-state index in [9.17, 15) is 4.79 Å². The molecule has 2 fully saturated rings. The van der Waals surface area contributed by atoms with Gasteiger partial charge in [0.2, 0.25) is 5.91 Å². The minimum Gasteiger partial charge on any atom is -0.489 e. The fourth-order valence-corrected chi connectivity index (χ4v) is 3.63. The number of halogens is 1. The molecule has 3 N–H and O–H groups in total. The van der Waals surface area contributed by atoms with E-state index in [4.69, 9.17) is 26.8 Å². The van der Waals surface area contributed by atoms with Crippen molar-refractivity contribution in [1.29, 1.82) is 0 Å². The molecule has 0 aromatic heterocycles. The Kier molecular flexibility index (Phi) is 5.64. The molecule has 3 rings (SSSR count). The zero-order chi connectivity index (χ0) is 17.0. The van der Waals surface area contributed by atoms with Gasteiger partial charge in [0, 0.05) is 25.4 Å². The lowest BCUT2D eigenvalue weighted by Crippen LogP contribution is -2.46. The Hall–Kier alpha value is -1.30. The van der Waals surface area contributed by atoms with E-state index < -0.39 is 5.41 Å². The summed E-state index contributed by atoms with van der Waals surface area (Å²) in [4.78, 5) is 12.7. The third-order valence-corrected chi connectivity index (χ3v) is 5.40. The summed E-state index contributed by atoms with van der Waals surface area (Å²) >= 11 is 6.32. The van der Waals surface area contributed by atoms with Crippen molar-refractivity contribution >= 4 is 23.2 Å². The second kappa shape index (κ2) is 7.72. The molecule has 0 unspecified atom stereocenters. The van der Waals surface area contributed by atoms with Crippen molar-refractivity contribution in [2.45, 2.75) is 44.6 Å². The summed E-state index contributed by atoms with van der Waals surface area (Å²) in [5, 5.41) is 3.47. The minimum absolute atomic E-state index is 0.0613. The topological polar surface area (TPSA) is 73.6 Å². The molecule has 1 aliphatic carbocycles. The highest BCUT2D eigenvalue weighted by molar-refractivity contribution is 6.32. The average Bonchev–Trinajstić information content (AvgIpc) is 3.11. The molecule has 24 heavy (non-hydrogen) atoms. The van der Waals surface area contributed by atoms with Crippen molar-refractivity contribution in [2.24, 2.45) is 11.1 Å².